The van der Waals surface area contributed by atoms with Crippen LogP contribution in [-0.4, -0.2) is 0 Å². The first-order valence-corrected chi connectivity index (χ1v) is 22.0. The quantitative estimate of drug-likeness (QED) is 0.172. The number of benzene rings is 7. The van der Waals surface area contributed by atoms with Crippen LogP contribution in [-0.2, 0) is 27.1 Å². The van der Waals surface area contributed by atoms with Gasteiger partial charge < -0.3 is 4.90 Å². The Morgan fingerprint density at radius 2 is 0.817 bits per heavy atom. The van der Waals surface area contributed by atoms with Crippen molar-refractivity contribution in [1.82, 2.24) is 0 Å². The Kier molecular flexibility index (Phi) is 8.15. The third-order valence-corrected chi connectivity index (χ3v) is 14.5. The molecule has 0 N–H and O–H groups in total. The van der Waals surface area contributed by atoms with Crippen molar-refractivity contribution in [1.29, 1.82) is 0 Å². The Bertz CT molecular complexity index is 2900. The van der Waals surface area contributed by atoms with E-state index in [0.717, 1.165) is 0 Å². The standard InChI is InChI=1S/C59H59N/c1-55(2,3)51-34-44-50(35-52(51)56(4,5)6)58(9,10)46-23-18-24-53(54(44)46)60(38-26-29-42-40-21-16-17-22-45(40)57(7,8)48(42)32-38)39-27-30-43-41-28-25-37(36-19-14-13-15-20-36)31-47(41)59(11,12)49(43)33-39/h13-35H,1-12H3. The van der Waals surface area contributed by atoms with Gasteiger partial charge in [-0.25, -0.2) is 0 Å². The Morgan fingerprint density at radius 3 is 1.43 bits per heavy atom. The van der Waals surface area contributed by atoms with Gasteiger partial charge in [0.15, 0.2) is 0 Å². The van der Waals surface area contributed by atoms with Gasteiger partial charge in [0.25, 0.3) is 0 Å². The molecule has 0 fully saturated rings. The lowest BCUT2D eigenvalue weighted by atomic mass is 9.72. The normalized spacial score (nSPS) is 16.1. The molecule has 7 aromatic rings. The molecule has 0 aromatic heterocycles. The van der Waals surface area contributed by atoms with Gasteiger partial charge in [0.2, 0.25) is 0 Å². The molecule has 0 saturated carbocycles. The van der Waals surface area contributed by atoms with E-state index in [0.29, 0.717) is 0 Å². The van der Waals surface area contributed by atoms with Crippen LogP contribution < -0.4 is 4.90 Å². The van der Waals surface area contributed by atoms with Gasteiger partial charge in [0.1, 0.15) is 0 Å². The van der Waals surface area contributed by atoms with Crippen molar-refractivity contribution in [3.05, 3.63) is 184 Å². The Hall–Kier alpha value is -5.66. The van der Waals surface area contributed by atoms with Gasteiger partial charge in [-0.1, -0.05) is 180 Å². The molecule has 0 aliphatic heterocycles. The van der Waals surface area contributed by atoms with Crippen LogP contribution in [0.2, 0.25) is 0 Å². The van der Waals surface area contributed by atoms with Gasteiger partial charge in [-0.2, -0.15) is 0 Å². The SMILES string of the molecule is CC(C)(C)c1cc2c(cc1C(C)(C)C)C(C)(C)c1cccc(N(c3ccc4c(c3)C(C)(C)c3ccccc3-4)c3ccc4c(c3)C(C)(C)c3cc(-c5ccccc5)ccc3-4)c1-2. The lowest BCUT2D eigenvalue weighted by molar-refractivity contribution is 0.527. The first-order chi connectivity index (χ1) is 28.3. The summed E-state index contributed by atoms with van der Waals surface area (Å²) in [6.45, 7) is 28.7. The molecule has 0 radical (unpaired) electrons. The van der Waals surface area contributed by atoms with E-state index in [1.54, 1.807) is 0 Å². The summed E-state index contributed by atoms with van der Waals surface area (Å²) in [5.41, 5.74) is 25.0. The van der Waals surface area contributed by atoms with Crippen molar-refractivity contribution in [2.24, 2.45) is 0 Å². The number of hydrogen-bond acceptors (Lipinski definition) is 1. The third kappa shape index (κ3) is 5.50. The lowest BCUT2D eigenvalue weighted by Gasteiger charge is -2.33. The van der Waals surface area contributed by atoms with Crippen molar-refractivity contribution in [2.75, 3.05) is 4.90 Å². The summed E-state index contributed by atoms with van der Waals surface area (Å²) in [5, 5.41) is 0. The minimum atomic E-state index is -0.184. The van der Waals surface area contributed by atoms with E-state index < -0.39 is 0 Å². The predicted molar refractivity (Wildman–Crippen MR) is 257 cm³/mol. The summed E-state index contributed by atoms with van der Waals surface area (Å²) in [4.78, 5) is 2.59. The van der Waals surface area contributed by atoms with Gasteiger partial charge in [-0.3, -0.25) is 0 Å². The molecular weight excluding hydrogens is 723 g/mol. The van der Waals surface area contributed by atoms with Crippen LogP contribution in [0.3, 0.4) is 0 Å². The molecule has 0 atom stereocenters. The van der Waals surface area contributed by atoms with Crippen LogP contribution in [0.15, 0.2) is 140 Å². The van der Waals surface area contributed by atoms with Crippen molar-refractivity contribution < 1.29 is 0 Å². The van der Waals surface area contributed by atoms with Crippen molar-refractivity contribution >= 4 is 17.1 Å². The summed E-state index contributed by atoms with van der Waals surface area (Å²) in [6.07, 6.45) is 0. The fourth-order valence-corrected chi connectivity index (χ4v) is 11.2. The van der Waals surface area contributed by atoms with Gasteiger partial charge in [0.05, 0.1) is 5.69 Å². The Labute approximate surface area is 359 Å². The highest BCUT2D eigenvalue weighted by molar-refractivity contribution is 5.97. The summed E-state index contributed by atoms with van der Waals surface area (Å²) in [5.74, 6) is 0. The van der Waals surface area contributed by atoms with E-state index in [9.17, 15) is 0 Å². The smallest absolute Gasteiger partial charge is 0.0543 e. The maximum absolute atomic E-state index is 2.59. The fraction of sp³-hybridized carbons (Fsp3) is 0.288. The second-order valence-corrected chi connectivity index (χ2v) is 21.5. The molecule has 1 nitrogen and oxygen atoms in total. The van der Waals surface area contributed by atoms with Gasteiger partial charge in [0, 0.05) is 33.2 Å². The van der Waals surface area contributed by atoms with Gasteiger partial charge in [-0.15, -0.1) is 0 Å². The molecule has 0 spiro atoms. The maximum atomic E-state index is 2.59. The summed E-state index contributed by atoms with van der Waals surface area (Å²) in [7, 11) is 0. The monoisotopic (exact) mass is 781 g/mol. The van der Waals surface area contributed by atoms with Crippen LogP contribution in [0, 0.1) is 0 Å². The van der Waals surface area contributed by atoms with Crippen LogP contribution in [0.1, 0.15) is 128 Å². The number of fused-ring (bicyclic) bond motifs is 9. The molecular formula is C59H59N. The highest BCUT2D eigenvalue weighted by Crippen LogP contribution is 2.58. The van der Waals surface area contributed by atoms with Gasteiger partial charge in [-0.05, 0) is 137 Å². The number of rotatable bonds is 4. The zero-order valence-electron chi connectivity index (χ0n) is 37.7. The summed E-state index contributed by atoms with van der Waals surface area (Å²) in [6, 6.07) is 53.6. The average molecular weight is 782 g/mol. The van der Waals surface area contributed by atoms with Crippen LogP contribution in [0.4, 0.5) is 17.1 Å². The minimum Gasteiger partial charge on any atom is -0.310 e. The lowest BCUT2D eigenvalue weighted by Crippen LogP contribution is -2.24. The minimum absolute atomic E-state index is 0.0132. The van der Waals surface area contributed by atoms with E-state index >= 15 is 0 Å². The molecule has 0 bridgehead atoms. The van der Waals surface area contributed by atoms with Crippen LogP contribution >= 0.6 is 0 Å². The zero-order chi connectivity index (χ0) is 42.3. The summed E-state index contributed by atoms with van der Waals surface area (Å²) >= 11 is 0. The highest BCUT2D eigenvalue weighted by atomic mass is 15.1. The second kappa shape index (κ2) is 12.7. The molecule has 7 aromatic carbocycles. The molecule has 3 aliphatic carbocycles. The Balaban J connectivity index is 1.22. The second-order valence-electron chi connectivity index (χ2n) is 21.5. The van der Waals surface area contributed by atoms with Crippen LogP contribution in [0.25, 0.3) is 44.5 Å². The zero-order valence-corrected chi connectivity index (χ0v) is 37.7. The molecule has 10 rings (SSSR count). The largest absolute Gasteiger partial charge is 0.310 e. The maximum Gasteiger partial charge on any atom is 0.0543 e. The highest BCUT2D eigenvalue weighted by Gasteiger charge is 2.42. The third-order valence-electron chi connectivity index (χ3n) is 14.5. The average Bonchev–Trinajstić information content (AvgIpc) is 3.69. The van der Waals surface area contributed by atoms with Gasteiger partial charge >= 0.3 is 0 Å². The predicted octanol–water partition coefficient (Wildman–Crippen LogP) is 16.3. The molecule has 0 unspecified atom stereocenters. The topological polar surface area (TPSA) is 3.24 Å². The first kappa shape index (κ1) is 38.5. The van der Waals surface area contributed by atoms with Crippen LogP contribution in [0.5, 0.6) is 0 Å². The van der Waals surface area contributed by atoms with E-state index in [1.807, 2.05) is 0 Å². The fourth-order valence-electron chi connectivity index (χ4n) is 11.2. The molecule has 300 valence electrons. The van der Waals surface area contributed by atoms with E-state index in [1.165, 1.54) is 106 Å². The molecule has 0 heterocycles. The molecule has 0 saturated heterocycles. The van der Waals surface area contributed by atoms with E-state index in [4.69, 9.17) is 0 Å². The Morgan fingerprint density at radius 1 is 0.350 bits per heavy atom. The van der Waals surface area contributed by atoms with Crippen molar-refractivity contribution in [3.63, 3.8) is 0 Å². The number of anilines is 3. The molecule has 60 heavy (non-hydrogen) atoms. The number of hydrogen-bond donors (Lipinski definition) is 0. The van der Waals surface area contributed by atoms with Crippen molar-refractivity contribution in [3.8, 4) is 44.5 Å². The molecule has 0 amide bonds. The summed E-state index contributed by atoms with van der Waals surface area (Å²) < 4.78 is 0. The molecule has 1 heteroatoms. The van der Waals surface area contributed by atoms with Crippen molar-refractivity contribution in [2.45, 2.75) is 110 Å². The molecule has 3 aliphatic rings. The van der Waals surface area contributed by atoms with E-state index in [2.05, 4.69) is 228 Å². The first-order valence-electron chi connectivity index (χ1n) is 22.0. The van der Waals surface area contributed by atoms with E-state index in [-0.39, 0.29) is 27.1 Å². The number of nitrogens with zero attached hydrogens (tertiary/aromatic N) is 1.